The minimum Gasteiger partial charge on any atom is -0.593 e. The predicted octanol–water partition coefficient (Wildman–Crippen LogP) is 1.91. The fraction of sp³-hybridized carbons (Fsp3) is 0.294. The van der Waals surface area contributed by atoms with Crippen LogP contribution in [0.4, 0.5) is 0 Å². The van der Waals surface area contributed by atoms with Crippen LogP contribution in [-0.2, 0) is 14.6 Å². The first-order chi connectivity index (χ1) is 12.4. The highest BCUT2D eigenvalue weighted by atomic mass is 35.5. The Labute approximate surface area is 156 Å². The van der Waals surface area contributed by atoms with E-state index >= 15 is 0 Å². The molecule has 9 heteroatoms. The summed E-state index contributed by atoms with van der Waals surface area (Å²) in [5, 5.41) is 0.559. The van der Waals surface area contributed by atoms with Gasteiger partial charge < -0.3 is 14.2 Å². The molecule has 0 radical (unpaired) electrons. The summed E-state index contributed by atoms with van der Waals surface area (Å²) in [6.45, 7) is 0.814. The number of nitrogens with one attached hydrogen (secondary N) is 1. The van der Waals surface area contributed by atoms with Gasteiger partial charge in [0.15, 0.2) is 10.4 Å². The number of pyridine rings is 1. The lowest BCUT2D eigenvalue weighted by atomic mass is 10.0. The lowest BCUT2D eigenvalue weighted by Crippen LogP contribution is -2.49. The number of rotatable bonds is 1. The zero-order valence-corrected chi connectivity index (χ0v) is 15.3. The Bertz CT molecular complexity index is 907. The molecule has 4 rings (SSSR count). The first kappa shape index (κ1) is 17.4. The van der Waals surface area contributed by atoms with Crippen molar-refractivity contribution >= 4 is 27.9 Å². The normalized spacial score (nSPS) is 27.7. The van der Waals surface area contributed by atoms with E-state index in [0.717, 1.165) is 0 Å². The Morgan fingerprint density at radius 2 is 2.12 bits per heavy atom. The average molecular weight is 394 g/mol. The van der Waals surface area contributed by atoms with Crippen molar-refractivity contribution < 1.29 is 18.3 Å². The second-order valence-corrected chi connectivity index (χ2v) is 8.57. The molecule has 1 aromatic carbocycles. The Morgan fingerprint density at radius 1 is 1.35 bits per heavy atom. The van der Waals surface area contributed by atoms with Gasteiger partial charge in [0.1, 0.15) is 5.60 Å². The highest BCUT2D eigenvalue weighted by Crippen LogP contribution is 2.35. The molecule has 136 valence electrons. The summed E-state index contributed by atoms with van der Waals surface area (Å²) < 4.78 is 33.3. The Hall–Kier alpha value is -2.00. The van der Waals surface area contributed by atoms with E-state index in [4.69, 9.17) is 16.3 Å². The third-order valence-electron chi connectivity index (χ3n) is 4.62. The zero-order chi connectivity index (χ0) is 18.4. The quantitative estimate of drug-likeness (QED) is 0.747. The molecule has 3 heterocycles. The van der Waals surface area contributed by atoms with E-state index in [1.165, 1.54) is 12.3 Å². The second kappa shape index (κ2) is 6.31. The predicted molar refractivity (Wildman–Crippen MR) is 94.7 cm³/mol. The summed E-state index contributed by atoms with van der Waals surface area (Å²) in [5.74, 6) is -0.0752. The molecule has 2 aliphatic rings. The number of carbonyl (C=O) groups excluding carboxylic acids is 1. The summed E-state index contributed by atoms with van der Waals surface area (Å²) in [6.07, 6.45) is 1.99. The number of benzene rings is 1. The number of carbonyl (C=O) groups is 1. The molecule has 1 fully saturated rings. The lowest BCUT2D eigenvalue weighted by Gasteiger charge is -2.27. The van der Waals surface area contributed by atoms with Crippen molar-refractivity contribution in [1.82, 2.24) is 14.6 Å². The largest absolute Gasteiger partial charge is 0.593 e. The molecule has 1 saturated heterocycles. The maximum absolute atomic E-state index is 12.7. The van der Waals surface area contributed by atoms with Gasteiger partial charge in [0.2, 0.25) is 4.90 Å². The van der Waals surface area contributed by atoms with Gasteiger partial charge in [-0.3, -0.25) is 4.79 Å². The van der Waals surface area contributed by atoms with Crippen LogP contribution in [0.3, 0.4) is 0 Å². The molecule has 1 N–H and O–H groups in total. The number of nitrogens with zero attached hydrogens (tertiary/aromatic N) is 2. The molecule has 0 bridgehead atoms. The van der Waals surface area contributed by atoms with Gasteiger partial charge in [-0.1, -0.05) is 15.8 Å². The van der Waals surface area contributed by atoms with Crippen LogP contribution >= 0.6 is 11.6 Å². The van der Waals surface area contributed by atoms with E-state index < -0.39 is 16.0 Å². The molecule has 0 aliphatic carbocycles. The summed E-state index contributed by atoms with van der Waals surface area (Å²) in [5.41, 5.74) is -0.312. The van der Waals surface area contributed by atoms with Crippen LogP contribution in [0.2, 0.25) is 5.02 Å². The molecule has 1 amide bonds. The van der Waals surface area contributed by atoms with E-state index in [1.807, 2.05) is 0 Å². The number of halogens is 1. The minimum atomic E-state index is -3.69. The second-order valence-electron chi connectivity index (χ2n) is 6.40. The Morgan fingerprint density at radius 3 is 2.88 bits per heavy atom. The van der Waals surface area contributed by atoms with Crippen molar-refractivity contribution in [2.45, 2.75) is 16.9 Å². The van der Waals surface area contributed by atoms with Crippen molar-refractivity contribution in [1.29, 1.82) is 0 Å². The standard InChI is InChI=1S/C17H16ClN3O4S/c18-13-5-3-12(4-6-13)16(22)21-9-7-17(11-21)10-20-26(23,24)14-2-1-8-19-15(14)25-17/h1-6,8H,7,9-11H2,(H-,20,23,24). The fourth-order valence-corrected chi connectivity index (χ4v) is 4.54. The molecule has 26 heavy (non-hydrogen) atoms. The van der Waals surface area contributed by atoms with Gasteiger partial charge in [0.25, 0.3) is 11.8 Å². The molecule has 1 spiro atoms. The number of hydrogen-bond donors (Lipinski definition) is 1. The van der Waals surface area contributed by atoms with Gasteiger partial charge in [-0.25, -0.2) is 4.98 Å². The average Bonchev–Trinajstić information content (AvgIpc) is 3.00. The number of fused-ring (bicyclic) bond motifs is 1. The highest BCUT2D eigenvalue weighted by molar-refractivity contribution is 7.95. The number of hydrogen-bond acceptors (Lipinski definition) is 5. The van der Waals surface area contributed by atoms with Gasteiger partial charge >= 0.3 is 0 Å². The fourth-order valence-electron chi connectivity index (χ4n) is 3.22. The summed E-state index contributed by atoms with van der Waals surface area (Å²) in [4.78, 5) is 18.5. The molecule has 2 aromatic rings. The smallest absolute Gasteiger partial charge is 0.272 e. The third-order valence-corrected chi connectivity index (χ3v) is 6.28. The number of aromatic nitrogens is 1. The number of amides is 1. The van der Waals surface area contributed by atoms with Crippen LogP contribution in [0.1, 0.15) is 16.8 Å². The van der Waals surface area contributed by atoms with E-state index in [2.05, 4.69) is 9.71 Å². The topological polar surface area (TPSA) is 94.6 Å². The first-order valence-corrected chi connectivity index (χ1v) is 9.93. The minimum absolute atomic E-state index is 0.0133. The maximum Gasteiger partial charge on any atom is 0.272 e. The first-order valence-electron chi connectivity index (χ1n) is 8.07. The van der Waals surface area contributed by atoms with Gasteiger partial charge in [-0.05, 0) is 30.3 Å². The number of sulfonamides is 1. The van der Waals surface area contributed by atoms with Crippen LogP contribution in [-0.4, -0.2) is 45.6 Å². The van der Waals surface area contributed by atoms with Crippen LogP contribution in [0.25, 0.3) is 0 Å². The van der Waals surface area contributed by atoms with Crippen molar-refractivity contribution in [3.63, 3.8) is 0 Å². The monoisotopic (exact) mass is 393 g/mol. The van der Waals surface area contributed by atoms with Gasteiger partial charge in [0, 0.05) is 35.8 Å². The molecule has 2 unspecified atom stereocenters. The van der Waals surface area contributed by atoms with Crippen molar-refractivity contribution in [3.8, 4) is 5.88 Å². The van der Waals surface area contributed by atoms with Crippen LogP contribution in [0.15, 0.2) is 47.5 Å². The summed E-state index contributed by atoms with van der Waals surface area (Å²) in [7, 11) is -3.69. The molecular weight excluding hydrogens is 378 g/mol. The van der Waals surface area contributed by atoms with Crippen LogP contribution < -0.4 is 9.46 Å². The van der Waals surface area contributed by atoms with E-state index in [-0.39, 0.29) is 29.8 Å². The molecule has 7 nitrogen and oxygen atoms in total. The van der Waals surface area contributed by atoms with E-state index in [0.29, 0.717) is 23.6 Å². The van der Waals surface area contributed by atoms with Gasteiger partial charge in [-0.2, -0.15) is 0 Å². The van der Waals surface area contributed by atoms with Crippen LogP contribution in [0.5, 0.6) is 5.88 Å². The summed E-state index contributed by atoms with van der Waals surface area (Å²) in [6, 6.07) is 9.67. The van der Waals surface area contributed by atoms with Gasteiger partial charge in [-0.15, -0.1) is 4.72 Å². The molecule has 2 atom stereocenters. The highest BCUT2D eigenvalue weighted by Gasteiger charge is 2.48. The Kier molecular flexibility index (Phi) is 4.23. The van der Waals surface area contributed by atoms with Gasteiger partial charge in [0.05, 0.1) is 13.1 Å². The maximum atomic E-state index is 12.7. The summed E-state index contributed by atoms with van der Waals surface area (Å²) >= 11 is 5.87. The molecule has 2 aliphatic heterocycles. The number of ether oxygens (including phenoxy) is 1. The molecular formula is C17H16ClN3O4S. The van der Waals surface area contributed by atoms with Crippen molar-refractivity contribution in [3.05, 3.63) is 53.2 Å². The van der Waals surface area contributed by atoms with E-state index in [1.54, 1.807) is 35.2 Å². The number of likely N-dealkylation sites (tertiary alicyclic amines) is 1. The third kappa shape index (κ3) is 3.09. The lowest BCUT2D eigenvalue weighted by molar-refractivity contribution is 0.0612. The SMILES string of the molecule is O=C(c1ccc(Cl)cc1)N1CCC2(CN[S+](=O)([O-])c3cccnc3O2)C1. The Balaban J connectivity index is 1.59. The van der Waals surface area contributed by atoms with Crippen LogP contribution in [0, 0.1) is 0 Å². The molecule has 0 saturated carbocycles. The van der Waals surface area contributed by atoms with Crippen molar-refractivity contribution in [2.75, 3.05) is 19.6 Å². The van der Waals surface area contributed by atoms with Crippen molar-refractivity contribution in [2.24, 2.45) is 0 Å². The molecule has 1 aromatic heterocycles. The van der Waals surface area contributed by atoms with E-state index in [9.17, 15) is 13.6 Å². The zero-order valence-electron chi connectivity index (χ0n) is 13.7.